The summed E-state index contributed by atoms with van der Waals surface area (Å²) in [5, 5.41) is 15.4. The molecule has 1 aliphatic heterocycles. The number of hydrogen-bond acceptors (Lipinski definition) is 5. The number of hydrogen-bond donors (Lipinski definition) is 0. The van der Waals surface area contributed by atoms with Crippen LogP contribution in [0, 0.1) is 17.0 Å². The van der Waals surface area contributed by atoms with Crippen LogP contribution in [0.15, 0.2) is 54.6 Å². The van der Waals surface area contributed by atoms with E-state index < -0.39 is 4.92 Å². The van der Waals surface area contributed by atoms with E-state index in [-0.39, 0.29) is 36.6 Å². The molecule has 2 aromatic carbocycles. The third kappa shape index (κ3) is 4.74. The molecule has 0 unspecified atom stereocenters. The second-order valence-electron chi connectivity index (χ2n) is 7.99. The van der Waals surface area contributed by atoms with Gasteiger partial charge in [-0.3, -0.25) is 24.6 Å². The molecule has 164 valence electrons. The average Bonchev–Trinajstić information content (AvgIpc) is 3.18. The van der Waals surface area contributed by atoms with Crippen LogP contribution in [0.25, 0.3) is 11.1 Å². The van der Waals surface area contributed by atoms with Crippen molar-refractivity contribution in [2.45, 2.75) is 39.2 Å². The predicted octanol–water partition coefficient (Wildman–Crippen LogP) is 4.10. The molecule has 0 saturated heterocycles. The summed E-state index contributed by atoms with van der Waals surface area (Å²) in [7, 11) is 0. The number of aromatic nitrogens is 2. The Morgan fingerprint density at radius 3 is 2.56 bits per heavy atom. The lowest BCUT2D eigenvalue weighted by atomic mass is 10.0. The first-order chi connectivity index (χ1) is 15.4. The first-order valence-electron chi connectivity index (χ1n) is 10.6. The molecule has 4 rings (SSSR count). The number of amides is 1. The topological polar surface area (TPSA) is 98.3 Å². The van der Waals surface area contributed by atoms with Crippen LogP contribution in [0.3, 0.4) is 0 Å². The molecule has 1 amide bonds. The SMILES string of the molecule is Cc1cc2n(n1)CCCN2C(=O)CCC(=O)Cc1ccc(-c2cccc([N+](=O)[O-])c2)cc1. The van der Waals surface area contributed by atoms with Gasteiger partial charge in [0.2, 0.25) is 5.91 Å². The first-order valence-corrected chi connectivity index (χ1v) is 10.6. The number of nitrogens with zero attached hydrogens (tertiary/aromatic N) is 4. The number of Topliss-reactive ketones (excluding diaryl/α,β-unsaturated/α-hetero) is 1. The van der Waals surface area contributed by atoms with Gasteiger partial charge in [0.15, 0.2) is 0 Å². The van der Waals surface area contributed by atoms with Crippen LogP contribution >= 0.6 is 0 Å². The summed E-state index contributed by atoms with van der Waals surface area (Å²) in [6.07, 6.45) is 1.47. The summed E-state index contributed by atoms with van der Waals surface area (Å²) in [4.78, 5) is 37.4. The van der Waals surface area contributed by atoms with Crippen molar-refractivity contribution < 1.29 is 14.5 Å². The number of nitro benzene ring substituents is 1. The molecule has 1 aliphatic rings. The summed E-state index contributed by atoms with van der Waals surface area (Å²) in [5.41, 5.74) is 3.36. The van der Waals surface area contributed by atoms with E-state index in [4.69, 9.17) is 0 Å². The summed E-state index contributed by atoms with van der Waals surface area (Å²) in [5.74, 6) is 0.756. The Kier molecular flexibility index (Phi) is 6.11. The van der Waals surface area contributed by atoms with Gasteiger partial charge in [-0.1, -0.05) is 36.4 Å². The molecule has 0 bridgehead atoms. The predicted molar refractivity (Wildman–Crippen MR) is 120 cm³/mol. The van der Waals surface area contributed by atoms with Crippen molar-refractivity contribution in [3.05, 3.63) is 76.0 Å². The molecule has 32 heavy (non-hydrogen) atoms. The Bertz CT molecular complexity index is 1170. The van der Waals surface area contributed by atoms with Gasteiger partial charge in [-0.05, 0) is 30.0 Å². The molecule has 0 saturated carbocycles. The third-order valence-electron chi connectivity index (χ3n) is 5.57. The standard InChI is InChI=1S/C24H24N4O4/c1-17-14-23-26(12-3-13-27(23)25-17)24(30)11-10-22(29)15-18-6-8-19(9-7-18)20-4-2-5-21(16-20)28(31)32/h2,4-9,14,16H,3,10-13,15H2,1H3. The van der Waals surface area contributed by atoms with Gasteiger partial charge in [0, 0.05) is 50.6 Å². The van der Waals surface area contributed by atoms with Gasteiger partial charge < -0.3 is 0 Å². The first kappa shape index (κ1) is 21.4. The van der Waals surface area contributed by atoms with E-state index in [1.165, 1.54) is 12.1 Å². The highest BCUT2D eigenvalue weighted by molar-refractivity contribution is 5.95. The number of ketones is 1. The molecule has 0 radical (unpaired) electrons. The normalized spacial score (nSPS) is 13.0. The molecule has 8 nitrogen and oxygen atoms in total. The van der Waals surface area contributed by atoms with Gasteiger partial charge in [-0.2, -0.15) is 5.10 Å². The number of nitro groups is 1. The van der Waals surface area contributed by atoms with Crippen molar-refractivity contribution in [2.24, 2.45) is 0 Å². The van der Waals surface area contributed by atoms with E-state index >= 15 is 0 Å². The van der Waals surface area contributed by atoms with E-state index in [1.807, 2.05) is 48.0 Å². The molecule has 0 aliphatic carbocycles. The molecular formula is C24H24N4O4. The maximum atomic E-state index is 12.7. The number of non-ortho nitro benzene ring substituents is 1. The number of anilines is 1. The van der Waals surface area contributed by atoms with Crippen LogP contribution in [0.2, 0.25) is 0 Å². The zero-order valence-electron chi connectivity index (χ0n) is 17.9. The summed E-state index contributed by atoms with van der Waals surface area (Å²) in [6, 6.07) is 15.7. The molecule has 0 spiro atoms. The monoisotopic (exact) mass is 432 g/mol. The fraction of sp³-hybridized carbons (Fsp3) is 0.292. The summed E-state index contributed by atoms with van der Waals surface area (Å²) < 4.78 is 1.85. The van der Waals surface area contributed by atoms with Crippen LogP contribution in [0.5, 0.6) is 0 Å². The van der Waals surface area contributed by atoms with Gasteiger partial charge in [0.05, 0.1) is 10.6 Å². The number of carbonyl (C=O) groups excluding carboxylic acids is 2. The van der Waals surface area contributed by atoms with Gasteiger partial charge in [-0.15, -0.1) is 0 Å². The Balaban J connectivity index is 1.33. The molecule has 0 atom stereocenters. The van der Waals surface area contributed by atoms with Crippen molar-refractivity contribution in [3.8, 4) is 11.1 Å². The number of aryl methyl sites for hydroxylation is 2. The molecule has 2 heterocycles. The van der Waals surface area contributed by atoms with Gasteiger partial charge in [0.1, 0.15) is 11.6 Å². The van der Waals surface area contributed by atoms with Crippen LogP contribution in [-0.2, 0) is 22.6 Å². The maximum Gasteiger partial charge on any atom is 0.270 e. The smallest absolute Gasteiger partial charge is 0.270 e. The second-order valence-corrected chi connectivity index (χ2v) is 7.99. The molecule has 0 N–H and O–H groups in total. The fourth-order valence-electron chi connectivity index (χ4n) is 3.97. The van der Waals surface area contributed by atoms with Crippen molar-refractivity contribution in [3.63, 3.8) is 0 Å². The minimum Gasteiger partial charge on any atom is -0.299 e. The lowest BCUT2D eigenvalue weighted by molar-refractivity contribution is -0.384. The van der Waals surface area contributed by atoms with E-state index in [0.717, 1.165) is 41.2 Å². The minimum absolute atomic E-state index is 0.00291. The molecule has 0 fully saturated rings. The quantitative estimate of drug-likeness (QED) is 0.414. The number of carbonyl (C=O) groups is 2. The highest BCUT2D eigenvalue weighted by atomic mass is 16.6. The van der Waals surface area contributed by atoms with Crippen molar-refractivity contribution >= 4 is 23.2 Å². The zero-order valence-corrected chi connectivity index (χ0v) is 17.9. The number of rotatable bonds is 7. The van der Waals surface area contributed by atoms with E-state index in [2.05, 4.69) is 5.10 Å². The van der Waals surface area contributed by atoms with Gasteiger partial charge >= 0.3 is 0 Å². The Labute approximate surface area is 185 Å². The minimum atomic E-state index is -0.420. The molecule has 3 aromatic rings. The average molecular weight is 432 g/mol. The Morgan fingerprint density at radius 2 is 1.81 bits per heavy atom. The van der Waals surface area contributed by atoms with Crippen molar-refractivity contribution in [2.75, 3.05) is 11.4 Å². The van der Waals surface area contributed by atoms with Crippen molar-refractivity contribution in [1.82, 2.24) is 9.78 Å². The summed E-state index contributed by atoms with van der Waals surface area (Å²) >= 11 is 0. The number of fused-ring (bicyclic) bond motifs is 1. The number of benzene rings is 2. The zero-order chi connectivity index (χ0) is 22.7. The van der Waals surface area contributed by atoms with Crippen LogP contribution in [-0.4, -0.2) is 32.9 Å². The summed E-state index contributed by atoms with van der Waals surface area (Å²) in [6.45, 7) is 3.36. The molecular weight excluding hydrogens is 408 g/mol. The largest absolute Gasteiger partial charge is 0.299 e. The highest BCUT2D eigenvalue weighted by Crippen LogP contribution is 2.25. The Hall–Kier alpha value is -3.81. The lowest BCUT2D eigenvalue weighted by Crippen LogP contribution is -2.37. The highest BCUT2D eigenvalue weighted by Gasteiger charge is 2.24. The third-order valence-corrected chi connectivity index (χ3v) is 5.57. The fourth-order valence-corrected chi connectivity index (χ4v) is 3.97. The van der Waals surface area contributed by atoms with E-state index in [0.29, 0.717) is 6.54 Å². The molecule has 8 heteroatoms. The second kappa shape index (κ2) is 9.13. The van der Waals surface area contributed by atoms with Crippen LogP contribution < -0.4 is 4.90 Å². The van der Waals surface area contributed by atoms with Gasteiger partial charge in [0.25, 0.3) is 5.69 Å². The van der Waals surface area contributed by atoms with Crippen LogP contribution in [0.4, 0.5) is 11.5 Å². The van der Waals surface area contributed by atoms with Crippen LogP contribution in [0.1, 0.15) is 30.5 Å². The van der Waals surface area contributed by atoms with Gasteiger partial charge in [-0.25, -0.2) is 4.68 Å². The van der Waals surface area contributed by atoms with E-state index in [9.17, 15) is 19.7 Å². The van der Waals surface area contributed by atoms with Crippen molar-refractivity contribution in [1.29, 1.82) is 0 Å². The Morgan fingerprint density at radius 1 is 1.03 bits per heavy atom. The molecule has 1 aromatic heterocycles. The van der Waals surface area contributed by atoms with E-state index in [1.54, 1.807) is 11.0 Å². The maximum absolute atomic E-state index is 12.7. The lowest BCUT2D eigenvalue weighted by Gasteiger charge is -2.27.